The van der Waals surface area contributed by atoms with Gasteiger partial charge in [-0.3, -0.25) is 9.78 Å². The van der Waals surface area contributed by atoms with Crippen molar-refractivity contribution in [3.63, 3.8) is 0 Å². The molecule has 0 aliphatic heterocycles. The predicted octanol–water partition coefficient (Wildman–Crippen LogP) is 3.79. The minimum atomic E-state index is -0.396. The molecule has 0 saturated heterocycles. The van der Waals surface area contributed by atoms with Crippen LogP contribution in [-0.2, 0) is 6.42 Å². The number of halogens is 1. The van der Waals surface area contributed by atoms with Crippen LogP contribution in [0.1, 0.15) is 35.5 Å². The molecule has 1 amide bonds. The van der Waals surface area contributed by atoms with E-state index in [1.807, 2.05) is 51.1 Å². The topological polar surface area (TPSA) is 42.0 Å². The summed E-state index contributed by atoms with van der Waals surface area (Å²) in [7, 11) is 0. The van der Waals surface area contributed by atoms with Crippen LogP contribution in [0.25, 0.3) is 0 Å². The fraction of sp³-hybridized carbons (Fsp3) is 0.294. The molecule has 0 radical (unpaired) electrons. The van der Waals surface area contributed by atoms with Gasteiger partial charge in [0.2, 0.25) is 0 Å². The van der Waals surface area contributed by atoms with Crippen molar-refractivity contribution >= 4 is 17.5 Å². The van der Waals surface area contributed by atoms with Crippen molar-refractivity contribution < 1.29 is 4.79 Å². The van der Waals surface area contributed by atoms with Crippen LogP contribution >= 0.6 is 11.6 Å². The van der Waals surface area contributed by atoms with E-state index in [1.54, 1.807) is 12.3 Å². The van der Waals surface area contributed by atoms with Gasteiger partial charge in [-0.15, -0.1) is 0 Å². The molecule has 0 saturated carbocycles. The molecule has 3 nitrogen and oxygen atoms in total. The van der Waals surface area contributed by atoms with Gasteiger partial charge in [-0.2, -0.15) is 0 Å². The minimum Gasteiger partial charge on any atom is -0.347 e. The number of nitrogens with one attached hydrogen (secondary N) is 1. The van der Waals surface area contributed by atoms with Crippen molar-refractivity contribution in [3.8, 4) is 0 Å². The van der Waals surface area contributed by atoms with E-state index in [1.165, 1.54) is 0 Å². The van der Waals surface area contributed by atoms with Crippen molar-refractivity contribution in [2.75, 3.05) is 0 Å². The van der Waals surface area contributed by atoms with Gasteiger partial charge in [0.15, 0.2) is 0 Å². The third kappa shape index (κ3) is 4.30. The Kier molecular flexibility index (Phi) is 4.63. The van der Waals surface area contributed by atoms with Crippen LogP contribution in [0.15, 0.2) is 42.6 Å². The average molecular weight is 303 g/mol. The lowest BCUT2D eigenvalue weighted by Gasteiger charge is -2.27. The molecule has 4 heteroatoms. The summed E-state index contributed by atoms with van der Waals surface area (Å²) in [6.07, 6.45) is 2.26. The Hall–Kier alpha value is -1.87. The van der Waals surface area contributed by atoms with Crippen molar-refractivity contribution in [2.24, 2.45) is 0 Å². The molecule has 1 aromatic heterocycles. The Morgan fingerprint density at radius 3 is 2.57 bits per heavy atom. The number of carbonyl (C=O) groups is 1. The molecule has 0 bridgehead atoms. The van der Waals surface area contributed by atoms with Crippen LogP contribution in [-0.4, -0.2) is 16.4 Å². The lowest BCUT2D eigenvalue weighted by atomic mass is 9.94. The summed E-state index contributed by atoms with van der Waals surface area (Å²) in [6.45, 7) is 5.86. The summed E-state index contributed by atoms with van der Waals surface area (Å²) in [5, 5.41) is 3.75. The SMILES string of the molecule is Cc1ccc(C(=O)NC(C)(C)Cc2ccccc2Cl)cn1. The molecular weight excluding hydrogens is 284 g/mol. The highest BCUT2D eigenvalue weighted by molar-refractivity contribution is 6.31. The molecule has 1 aromatic carbocycles. The van der Waals surface area contributed by atoms with Gasteiger partial charge in [-0.25, -0.2) is 0 Å². The summed E-state index contributed by atoms with van der Waals surface area (Å²) in [4.78, 5) is 16.4. The molecule has 2 rings (SSSR count). The van der Waals surface area contributed by atoms with Crippen molar-refractivity contribution in [2.45, 2.75) is 32.7 Å². The summed E-state index contributed by atoms with van der Waals surface area (Å²) in [5.74, 6) is -0.125. The van der Waals surface area contributed by atoms with E-state index in [0.717, 1.165) is 16.3 Å². The third-order valence-electron chi connectivity index (χ3n) is 3.22. The smallest absolute Gasteiger partial charge is 0.253 e. The molecule has 0 spiro atoms. The minimum absolute atomic E-state index is 0.125. The number of benzene rings is 1. The molecule has 110 valence electrons. The first-order valence-corrected chi connectivity index (χ1v) is 7.24. The Morgan fingerprint density at radius 1 is 1.24 bits per heavy atom. The normalized spacial score (nSPS) is 11.2. The zero-order valence-corrected chi connectivity index (χ0v) is 13.2. The van der Waals surface area contributed by atoms with Gasteiger partial charge < -0.3 is 5.32 Å². The number of carbonyl (C=O) groups excluding carboxylic acids is 1. The summed E-state index contributed by atoms with van der Waals surface area (Å²) in [6, 6.07) is 11.3. The number of aryl methyl sites for hydroxylation is 1. The first-order valence-electron chi connectivity index (χ1n) is 6.86. The molecule has 0 atom stereocenters. The van der Waals surface area contributed by atoms with Gasteiger partial charge in [-0.1, -0.05) is 29.8 Å². The highest BCUT2D eigenvalue weighted by atomic mass is 35.5. The number of nitrogens with zero attached hydrogens (tertiary/aromatic N) is 1. The molecule has 0 aliphatic rings. The fourth-order valence-corrected chi connectivity index (χ4v) is 2.35. The Bertz CT molecular complexity index is 635. The van der Waals surface area contributed by atoms with Crippen molar-refractivity contribution in [1.82, 2.24) is 10.3 Å². The van der Waals surface area contributed by atoms with Crippen molar-refractivity contribution in [1.29, 1.82) is 0 Å². The highest BCUT2D eigenvalue weighted by Gasteiger charge is 2.22. The van der Waals surface area contributed by atoms with Crippen molar-refractivity contribution in [3.05, 3.63) is 64.4 Å². The molecule has 0 aliphatic carbocycles. The number of hydrogen-bond acceptors (Lipinski definition) is 2. The molecular formula is C17H19ClN2O. The first kappa shape index (κ1) is 15.5. The van der Waals surface area contributed by atoms with Gasteiger partial charge in [0, 0.05) is 22.5 Å². The standard InChI is InChI=1S/C17H19ClN2O/c1-12-8-9-14(11-19-12)16(21)20-17(2,3)10-13-6-4-5-7-15(13)18/h4-9,11H,10H2,1-3H3,(H,20,21). The number of amides is 1. The lowest BCUT2D eigenvalue weighted by Crippen LogP contribution is -2.45. The second-order valence-corrected chi connectivity index (χ2v) is 6.20. The average Bonchev–Trinajstić information content (AvgIpc) is 2.41. The first-order chi connectivity index (χ1) is 9.87. The van der Waals surface area contributed by atoms with Gasteiger partial charge in [-0.05, 0) is 51.0 Å². The maximum Gasteiger partial charge on any atom is 0.253 e. The van der Waals surface area contributed by atoms with E-state index in [-0.39, 0.29) is 5.91 Å². The summed E-state index contributed by atoms with van der Waals surface area (Å²) >= 11 is 6.18. The number of hydrogen-bond donors (Lipinski definition) is 1. The van der Waals surface area contributed by atoms with Gasteiger partial charge in [0.1, 0.15) is 0 Å². The van der Waals surface area contributed by atoms with Gasteiger partial charge in [0.05, 0.1) is 5.56 Å². The summed E-state index contributed by atoms with van der Waals surface area (Å²) in [5.41, 5.74) is 2.08. The Morgan fingerprint density at radius 2 is 1.95 bits per heavy atom. The Balaban J connectivity index is 2.08. The van der Waals surface area contributed by atoms with E-state index < -0.39 is 5.54 Å². The number of pyridine rings is 1. The predicted molar refractivity (Wildman–Crippen MR) is 85.7 cm³/mol. The fourth-order valence-electron chi connectivity index (χ4n) is 2.14. The van der Waals surface area contributed by atoms with Crippen LogP contribution in [0.5, 0.6) is 0 Å². The maximum absolute atomic E-state index is 12.3. The van der Waals surface area contributed by atoms with Crippen LogP contribution in [0.3, 0.4) is 0 Å². The van der Waals surface area contributed by atoms with E-state index in [2.05, 4.69) is 10.3 Å². The van der Waals surface area contributed by atoms with Gasteiger partial charge in [0.25, 0.3) is 5.91 Å². The monoisotopic (exact) mass is 302 g/mol. The Labute approximate surface area is 130 Å². The number of rotatable bonds is 4. The second kappa shape index (κ2) is 6.27. The van der Waals surface area contributed by atoms with Crippen LogP contribution in [0.2, 0.25) is 5.02 Å². The molecule has 0 fully saturated rings. The van der Waals surface area contributed by atoms with Crippen LogP contribution in [0, 0.1) is 6.92 Å². The summed E-state index contributed by atoms with van der Waals surface area (Å²) < 4.78 is 0. The lowest BCUT2D eigenvalue weighted by molar-refractivity contribution is 0.0912. The molecule has 2 aromatic rings. The maximum atomic E-state index is 12.3. The largest absolute Gasteiger partial charge is 0.347 e. The van der Waals surface area contributed by atoms with E-state index >= 15 is 0 Å². The third-order valence-corrected chi connectivity index (χ3v) is 3.58. The van der Waals surface area contributed by atoms with Crippen LogP contribution in [0.4, 0.5) is 0 Å². The molecule has 1 N–H and O–H groups in total. The van der Waals surface area contributed by atoms with Gasteiger partial charge >= 0.3 is 0 Å². The number of aromatic nitrogens is 1. The molecule has 21 heavy (non-hydrogen) atoms. The van der Waals surface area contributed by atoms with E-state index in [0.29, 0.717) is 12.0 Å². The van der Waals surface area contributed by atoms with E-state index in [9.17, 15) is 4.79 Å². The quantitative estimate of drug-likeness (QED) is 0.933. The van der Waals surface area contributed by atoms with Crippen LogP contribution < -0.4 is 5.32 Å². The highest BCUT2D eigenvalue weighted by Crippen LogP contribution is 2.21. The zero-order valence-electron chi connectivity index (χ0n) is 12.5. The van der Waals surface area contributed by atoms with E-state index in [4.69, 9.17) is 11.6 Å². The second-order valence-electron chi connectivity index (χ2n) is 5.79. The zero-order chi connectivity index (χ0) is 15.5. The molecule has 0 unspecified atom stereocenters. The molecule has 1 heterocycles.